The third-order valence-electron chi connectivity index (χ3n) is 4.06. The molecule has 0 bridgehead atoms. The number of piperidine rings is 1. The first-order chi connectivity index (χ1) is 7.60. The summed E-state index contributed by atoms with van der Waals surface area (Å²) in [5.74, 6) is 1.58. The second kappa shape index (κ2) is 6.61. The average Bonchev–Trinajstić information content (AvgIpc) is 2.22. The highest BCUT2D eigenvalue weighted by Gasteiger charge is 2.29. The van der Waals surface area contributed by atoms with Crippen molar-refractivity contribution in [1.82, 2.24) is 10.2 Å². The van der Waals surface area contributed by atoms with Crippen molar-refractivity contribution in [1.29, 1.82) is 0 Å². The molecular weight excluding hydrogens is 196 g/mol. The number of likely N-dealkylation sites (tertiary alicyclic amines) is 1. The van der Waals surface area contributed by atoms with Crippen LogP contribution in [-0.4, -0.2) is 36.6 Å². The third-order valence-corrected chi connectivity index (χ3v) is 4.06. The molecule has 1 heterocycles. The van der Waals surface area contributed by atoms with Crippen molar-refractivity contribution in [3.63, 3.8) is 0 Å². The first kappa shape index (κ1) is 14.0. The zero-order valence-corrected chi connectivity index (χ0v) is 11.8. The first-order valence-electron chi connectivity index (χ1n) is 7.07. The SMILES string of the molecule is CCNC1CCN(C(CC)C(C)C)CC1C. The molecule has 1 aliphatic heterocycles. The largest absolute Gasteiger partial charge is 0.314 e. The van der Waals surface area contributed by atoms with Crippen LogP contribution in [0.3, 0.4) is 0 Å². The molecule has 1 aliphatic rings. The summed E-state index contributed by atoms with van der Waals surface area (Å²) < 4.78 is 0. The van der Waals surface area contributed by atoms with Crippen LogP contribution in [0.25, 0.3) is 0 Å². The fraction of sp³-hybridized carbons (Fsp3) is 1.00. The minimum Gasteiger partial charge on any atom is -0.314 e. The molecule has 1 rings (SSSR count). The fourth-order valence-corrected chi connectivity index (χ4v) is 3.20. The van der Waals surface area contributed by atoms with Crippen molar-refractivity contribution in [2.75, 3.05) is 19.6 Å². The molecule has 3 unspecified atom stereocenters. The normalized spacial score (nSPS) is 29.6. The lowest BCUT2D eigenvalue weighted by molar-refractivity contribution is 0.0790. The predicted molar refractivity (Wildman–Crippen MR) is 71.7 cm³/mol. The van der Waals surface area contributed by atoms with Crippen molar-refractivity contribution in [2.45, 2.75) is 59.5 Å². The van der Waals surface area contributed by atoms with Crippen LogP contribution < -0.4 is 5.32 Å². The molecule has 2 heteroatoms. The minimum absolute atomic E-state index is 0.742. The van der Waals surface area contributed by atoms with E-state index >= 15 is 0 Å². The highest BCUT2D eigenvalue weighted by Crippen LogP contribution is 2.23. The molecule has 3 atom stereocenters. The Labute approximate surface area is 102 Å². The van der Waals surface area contributed by atoms with E-state index in [0.29, 0.717) is 0 Å². The Hall–Kier alpha value is -0.0800. The van der Waals surface area contributed by atoms with Gasteiger partial charge >= 0.3 is 0 Å². The Bertz CT molecular complexity index is 191. The standard InChI is InChI=1S/C14H30N2/c1-6-14(11(3)4)16-9-8-13(15-7-2)12(5)10-16/h11-15H,6-10H2,1-5H3. The molecule has 2 nitrogen and oxygen atoms in total. The minimum atomic E-state index is 0.742. The van der Waals surface area contributed by atoms with Gasteiger partial charge < -0.3 is 5.32 Å². The second-order valence-electron chi connectivity index (χ2n) is 5.64. The molecular formula is C14H30N2. The summed E-state index contributed by atoms with van der Waals surface area (Å²) in [6, 6.07) is 1.52. The van der Waals surface area contributed by atoms with Gasteiger partial charge in [0.15, 0.2) is 0 Å². The molecule has 1 N–H and O–H groups in total. The van der Waals surface area contributed by atoms with Gasteiger partial charge in [0.1, 0.15) is 0 Å². The molecule has 0 saturated carbocycles. The van der Waals surface area contributed by atoms with Crippen molar-refractivity contribution >= 4 is 0 Å². The van der Waals surface area contributed by atoms with Crippen LogP contribution in [-0.2, 0) is 0 Å². The Morgan fingerprint density at radius 2 is 2.00 bits per heavy atom. The Kier molecular flexibility index (Phi) is 5.77. The van der Waals surface area contributed by atoms with E-state index in [1.165, 1.54) is 25.9 Å². The van der Waals surface area contributed by atoms with E-state index in [1.54, 1.807) is 0 Å². The van der Waals surface area contributed by atoms with Crippen LogP contribution in [0.15, 0.2) is 0 Å². The topological polar surface area (TPSA) is 15.3 Å². The van der Waals surface area contributed by atoms with E-state index in [9.17, 15) is 0 Å². The molecule has 0 amide bonds. The highest BCUT2D eigenvalue weighted by molar-refractivity contribution is 4.86. The highest BCUT2D eigenvalue weighted by atomic mass is 15.2. The Balaban J connectivity index is 2.49. The molecule has 0 aromatic rings. The summed E-state index contributed by atoms with van der Waals surface area (Å²) in [4.78, 5) is 2.71. The van der Waals surface area contributed by atoms with Crippen molar-refractivity contribution < 1.29 is 0 Å². The molecule has 0 spiro atoms. The van der Waals surface area contributed by atoms with Gasteiger partial charge in [0.05, 0.1) is 0 Å². The lowest BCUT2D eigenvalue weighted by Crippen LogP contribution is -2.52. The van der Waals surface area contributed by atoms with Gasteiger partial charge in [-0.3, -0.25) is 4.90 Å². The van der Waals surface area contributed by atoms with Gasteiger partial charge in [-0.1, -0.05) is 34.6 Å². The van der Waals surface area contributed by atoms with Gasteiger partial charge in [0.25, 0.3) is 0 Å². The van der Waals surface area contributed by atoms with Gasteiger partial charge in [-0.05, 0) is 37.8 Å². The summed E-state index contributed by atoms with van der Waals surface area (Å²) in [6.45, 7) is 15.3. The van der Waals surface area contributed by atoms with Gasteiger partial charge in [-0.2, -0.15) is 0 Å². The van der Waals surface area contributed by atoms with Crippen molar-refractivity contribution in [3.05, 3.63) is 0 Å². The van der Waals surface area contributed by atoms with E-state index in [0.717, 1.165) is 30.5 Å². The molecule has 0 aromatic carbocycles. The molecule has 16 heavy (non-hydrogen) atoms. The Morgan fingerprint density at radius 3 is 2.44 bits per heavy atom. The zero-order valence-electron chi connectivity index (χ0n) is 11.8. The van der Waals surface area contributed by atoms with Gasteiger partial charge in [-0.15, -0.1) is 0 Å². The van der Waals surface area contributed by atoms with Gasteiger partial charge in [0.2, 0.25) is 0 Å². The maximum absolute atomic E-state index is 3.61. The number of hydrogen-bond donors (Lipinski definition) is 1. The Morgan fingerprint density at radius 1 is 1.31 bits per heavy atom. The average molecular weight is 226 g/mol. The molecule has 1 fully saturated rings. The maximum atomic E-state index is 3.61. The van der Waals surface area contributed by atoms with Crippen LogP contribution in [0.4, 0.5) is 0 Å². The van der Waals surface area contributed by atoms with E-state index < -0.39 is 0 Å². The smallest absolute Gasteiger partial charge is 0.0117 e. The first-order valence-corrected chi connectivity index (χ1v) is 7.07. The van der Waals surface area contributed by atoms with Gasteiger partial charge in [0, 0.05) is 18.6 Å². The molecule has 1 saturated heterocycles. The van der Waals surface area contributed by atoms with Crippen LogP contribution >= 0.6 is 0 Å². The second-order valence-corrected chi connectivity index (χ2v) is 5.64. The van der Waals surface area contributed by atoms with Crippen LogP contribution in [0.5, 0.6) is 0 Å². The van der Waals surface area contributed by atoms with E-state index in [2.05, 4.69) is 44.8 Å². The zero-order chi connectivity index (χ0) is 12.1. The fourth-order valence-electron chi connectivity index (χ4n) is 3.20. The molecule has 0 aromatic heterocycles. The van der Waals surface area contributed by atoms with Crippen molar-refractivity contribution in [3.8, 4) is 0 Å². The summed E-state index contributed by atoms with van der Waals surface area (Å²) in [5.41, 5.74) is 0. The summed E-state index contributed by atoms with van der Waals surface area (Å²) >= 11 is 0. The number of hydrogen-bond acceptors (Lipinski definition) is 2. The van der Waals surface area contributed by atoms with Crippen LogP contribution in [0.2, 0.25) is 0 Å². The van der Waals surface area contributed by atoms with Crippen LogP contribution in [0, 0.1) is 11.8 Å². The van der Waals surface area contributed by atoms with E-state index in [1.807, 2.05) is 0 Å². The molecule has 96 valence electrons. The van der Waals surface area contributed by atoms with E-state index in [-0.39, 0.29) is 0 Å². The number of nitrogens with zero attached hydrogens (tertiary/aromatic N) is 1. The summed E-state index contributed by atoms with van der Waals surface area (Å²) in [6.07, 6.45) is 2.61. The van der Waals surface area contributed by atoms with Crippen LogP contribution in [0.1, 0.15) is 47.5 Å². The van der Waals surface area contributed by atoms with Crippen molar-refractivity contribution in [2.24, 2.45) is 11.8 Å². The lowest BCUT2D eigenvalue weighted by atomic mass is 9.90. The number of nitrogens with one attached hydrogen (secondary N) is 1. The molecule has 0 radical (unpaired) electrons. The molecule has 0 aliphatic carbocycles. The maximum Gasteiger partial charge on any atom is 0.0117 e. The monoisotopic (exact) mass is 226 g/mol. The predicted octanol–water partition coefficient (Wildman–Crippen LogP) is 2.74. The summed E-state index contributed by atoms with van der Waals surface area (Å²) in [5, 5.41) is 3.61. The third kappa shape index (κ3) is 3.46. The van der Waals surface area contributed by atoms with Gasteiger partial charge in [-0.25, -0.2) is 0 Å². The number of rotatable bonds is 5. The summed E-state index contributed by atoms with van der Waals surface area (Å²) in [7, 11) is 0. The van der Waals surface area contributed by atoms with E-state index in [4.69, 9.17) is 0 Å². The lowest BCUT2D eigenvalue weighted by Gasteiger charge is -2.42. The quantitative estimate of drug-likeness (QED) is 0.775.